The molecule has 2 amide bonds. The van der Waals surface area contributed by atoms with E-state index in [1.807, 2.05) is 30.3 Å². The van der Waals surface area contributed by atoms with Gasteiger partial charge in [0.2, 0.25) is 17.7 Å². The van der Waals surface area contributed by atoms with Crippen LogP contribution >= 0.6 is 12.4 Å². The molecule has 11 heteroatoms. The number of amides is 2. The monoisotopic (exact) mass is 624 g/mol. The minimum atomic E-state index is -1.15. The summed E-state index contributed by atoms with van der Waals surface area (Å²) >= 11 is 0. The minimum absolute atomic E-state index is 0. The number of fused-ring (bicyclic) bond motifs is 5. The molecule has 1 aromatic heterocycles. The van der Waals surface area contributed by atoms with Crippen LogP contribution in [0.3, 0.4) is 0 Å². The summed E-state index contributed by atoms with van der Waals surface area (Å²) < 4.78 is 25.9. The van der Waals surface area contributed by atoms with Gasteiger partial charge < -0.3 is 25.4 Å². The van der Waals surface area contributed by atoms with Crippen molar-refractivity contribution in [3.63, 3.8) is 0 Å². The van der Waals surface area contributed by atoms with Crippen LogP contribution in [0.25, 0.3) is 21.7 Å². The third kappa shape index (κ3) is 6.10. The molecule has 1 saturated heterocycles. The molecule has 3 N–H and O–H groups in total. The molecule has 0 unspecified atom stereocenters. The average Bonchev–Trinajstić information content (AvgIpc) is 3.53. The number of hydrogen-bond acceptors (Lipinski definition) is 7. The molecule has 2 aromatic carbocycles. The predicted octanol–water partition coefficient (Wildman–Crippen LogP) is 4.58. The molecule has 3 heterocycles. The lowest BCUT2D eigenvalue weighted by atomic mass is 10.1. The van der Waals surface area contributed by atoms with Gasteiger partial charge in [-0.25, -0.2) is 14.2 Å². The van der Waals surface area contributed by atoms with Gasteiger partial charge in [-0.05, 0) is 56.2 Å². The van der Waals surface area contributed by atoms with Crippen LogP contribution in [0, 0.1) is 11.7 Å². The van der Waals surface area contributed by atoms with Gasteiger partial charge in [0.15, 0.2) is 0 Å². The number of nitrogens with zero attached hydrogens (tertiary/aromatic N) is 2. The van der Waals surface area contributed by atoms with Crippen LogP contribution in [0.4, 0.5) is 4.39 Å². The lowest BCUT2D eigenvalue weighted by molar-refractivity contribution is -0.150. The maximum atomic E-state index is 14.1. The molecule has 1 aliphatic carbocycles. The van der Waals surface area contributed by atoms with Crippen molar-refractivity contribution in [3.8, 4) is 5.88 Å². The third-order valence-corrected chi connectivity index (χ3v) is 8.83. The first-order chi connectivity index (χ1) is 20.8. The zero-order valence-corrected chi connectivity index (χ0v) is 25.5. The topological polar surface area (TPSA) is 124 Å². The van der Waals surface area contributed by atoms with Crippen molar-refractivity contribution in [3.05, 3.63) is 60.4 Å². The molecule has 2 aliphatic heterocycles. The van der Waals surface area contributed by atoms with E-state index in [1.54, 1.807) is 13.0 Å². The van der Waals surface area contributed by atoms with Gasteiger partial charge in [0.05, 0.1) is 24.7 Å². The fourth-order valence-electron chi connectivity index (χ4n) is 6.43. The molecule has 6 rings (SSSR count). The summed E-state index contributed by atoms with van der Waals surface area (Å²) in [4.78, 5) is 46.7. The number of nitrogens with one attached hydrogen (secondary N) is 1. The highest BCUT2D eigenvalue weighted by Gasteiger charge is 2.62. The second kappa shape index (κ2) is 13.1. The fourth-order valence-corrected chi connectivity index (χ4v) is 6.43. The Morgan fingerprint density at radius 1 is 1.14 bits per heavy atom. The summed E-state index contributed by atoms with van der Waals surface area (Å²) in [5, 5.41) is 5.35. The highest BCUT2D eigenvalue weighted by molar-refractivity contribution is 6.07. The highest BCUT2D eigenvalue weighted by Crippen LogP contribution is 2.46. The Labute approximate surface area is 261 Å². The summed E-state index contributed by atoms with van der Waals surface area (Å²) in [6.07, 6.45) is 8.12. The average molecular weight is 625 g/mol. The van der Waals surface area contributed by atoms with Gasteiger partial charge in [-0.3, -0.25) is 9.59 Å². The Balaban J connectivity index is 0.00000384. The van der Waals surface area contributed by atoms with E-state index in [1.165, 1.54) is 17.0 Å². The largest absolute Gasteiger partial charge is 0.472 e. The van der Waals surface area contributed by atoms with Crippen molar-refractivity contribution in [2.24, 2.45) is 11.7 Å². The molecule has 0 radical (unpaired) electrons. The molecule has 3 aliphatic rings. The molecular formula is C33H38ClFN4O5. The number of halogens is 2. The predicted molar refractivity (Wildman–Crippen MR) is 167 cm³/mol. The quantitative estimate of drug-likeness (QED) is 0.247. The fraction of sp³-hybridized carbons (Fsp3) is 0.455. The summed E-state index contributed by atoms with van der Waals surface area (Å²) in [5.41, 5.74) is 5.65. The van der Waals surface area contributed by atoms with E-state index in [-0.39, 0.29) is 43.8 Å². The Kier molecular flexibility index (Phi) is 9.41. The molecule has 234 valence electrons. The number of carbonyl (C=O) groups is 3. The van der Waals surface area contributed by atoms with Crippen molar-refractivity contribution in [2.75, 3.05) is 13.2 Å². The molecule has 3 aromatic rings. The Morgan fingerprint density at radius 3 is 2.73 bits per heavy atom. The number of carbonyl (C=O) groups excluding carboxylic acids is 3. The van der Waals surface area contributed by atoms with E-state index in [0.717, 1.165) is 41.8 Å². The first-order valence-electron chi connectivity index (χ1n) is 15.2. The number of hydrogen-bond donors (Lipinski definition) is 2. The lowest BCUT2D eigenvalue weighted by Crippen LogP contribution is -2.55. The number of allylic oxidation sites excluding steroid dienone is 1. The third-order valence-electron chi connectivity index (χ3n) is 8.83. The van der Waals surface area contributed by atoms with Crippen LogP contribution in [-0.2, 0) is 19.1 Å². The van der Waals surface area contributed by atoms with Crippen LogP contribution in [-0.4, -0.2) is 64.5 Å². The zero-order chi connectivity index (χ0) is 30.1. The molecule has 2 fully saturated rings. The molecular weight excluding hydrogens is 587 g/mol. The number of aromatic nitrogens is 1. The van der Waals surface area contributed by atoms with E-state index in [0.29, 0.717) is 24.2 Å². The van der Waals surface area contributed by atoms with Crippen molar-refractivity contribution in [1.82, 2.24) is 15.2 Å². The number of rotatable bonds is 4. The van der Waals surface area contributed by atoms with Crippen LogP contribution in [0.2, 0.25) is 0 Å². The van der Waals surface area contributed by atoms with E-state index in [2.05, 4.69) is 16.4 Å². The second-order valence-electron chi connectivity index (χ2n) is 11.8. The van der Waals surface area contributed by atoms with Gasteiger partial charge in [-0.15, -0.1) is 12.4 Å². The molecule has 0 bridgehead atoms. The normalized spacial score (nSPS) is 28.1. The van der Waals surface area contributed by atoms with Crippen LogP contribution in [0.5, 0.6) is 5.88 Å². The second-order valence-corrected chi connectivity index (χ2v) is 11.8. The summed E-state index contributed by atoms with van der Waals surface area (Å²) in [7, 11) is 0. The number of esters is 1. The van der Waals surface area contributed by atoms with Crippen LogP contribution < -0.4 is 15.8 Å². The van der Waals surface area contributed by atoms with Crippen molar-refractivity contribution >= 4 is 51.9 Å². The summed E-state index contributed by atoms with van der Waals surface area (Å²) in [6, 6.07) is 10.4. The number of ether oxygens (including phenoxy) is 2. The SMILES string of the molecule is CCOC(=O)[C@@]12C[C@H]1/C=C\CCCCC[C@H](N)C(=O)N1C[C@H](Oc3nc4cc(F)ccc4c4ccccc34)C[C@H]1C(=O)N2.Cl. The van der Waals surface area contributed by atoms with Gasteiger partial charge in [0, 0.05) is 29.2 Å². The lowest BCUT2D eigenvalue weighted by Gasteiger charge is -2.28. The maximum Gasteiger partial charge on any atom is 0.332 e. The van der Waals surface area contributed by atoms with Gasteiger partial charge in [0.25, 0.3) is 0 Å². The van der Waals surface area contributed by atoms with Gasteiger partial charge in [0.1, 0.15) is 23.5 Å². The standard InChI is InChI=1S/C33H37FN4O5.ClH/c1-2-42-32(41)33-18-20(33)10-6-4-3-5-7-13-26(35)31(40)38-19-22(17-28(38)29(39)37-33)43-30-25-12-9-8-11-23(25)24-15-14-21(34)16-27(24)36-30;/h6,8-12,14-16,20,22,26,28H,2-5,7,13,17-19,35H2,1H3,(H,37,39);1H/b10-6-;/t20-,22-,26+,28+,33-;/m1./s1. The Hall–Kier alpha value is -3.76. The van der Waals surface area contributed by atoms with Gasteiger partial charge >= 0.3 is 5.97 Å². The van der Waals surface area contributed by atoms with E-state index in [9.17, 15) is 18.8 Å². The Morgan fingerprint density at radius 2 is 1.93 bits per heavy atom. The smallest absolute Gasteiger partial charge is 0.332 e. The molecule has 0 spiro atoms. The van der Waals surface area contributed by atoms with E-state index in [4.69, 9.17) is 15.2 Å². The van der Waals surface area contributed by atoms with Crippen LogP contribution in [0.15, 0.2) is 54.6 Å². The zero-order valence-electron chi connectivity index (χ0n) is 24.7. The van der Waals surface area contributed by atoms with Crippen molar-refractivity contribution < 1.29 is 28.2 Å². The Bertz CT molecular complexity index is 1600. The number of pyridine rings is 1. The van der Waals surface area contributed by atoms with Crippen molar-refractivity contribution in [1.29, 1.82) is 0 Å². The number of nitrogens with two attached hydrogens (primary N) is 1. The first kappa shape index (κ1) is 31.7. The summed E-state index contributed by atoms with van der Waals surface area (Å²) in [5.74, 6) is -1.52. The molecule has 5 atom stereocenters. The van der Waals surface area contributed by atoms with E-state index < -0.39 is 41.4 Å². The maximum absolute atomic E-state index is 14.1. The van der Waals surface area contributed by atoms with E-state index >= 15 is 0 Å². The molecule has 44 heavy (non-hydrogen) atoms. The molecule has 9 nitrogen and oxygen atoms in total. The van der Waals surface area contributed by atoms with Gasteiger partial charge in [-0.1, -0.05) is 43.2 Å². The summed E-state index contributed by atoms with van der Waals surface area (Å²) in [6.45, 7) is 2.05. The highest BCUT2D eigenvalue weighted by atomic mass is 35.5. The van der Waals surface area contributed by atoms with Gasteiger partial charge in [-0.2, -0.15) is 0 Å². The molecule has 1 saturated carbocycles. The number of benzene rings is 2. The van der Waals surface area contributed by atoms with Crippen molar-refractivity contribution in [2.45, 2.75) is 75.6 Å². The minimum Gasteiger partial charge on any atom is -0.472 e. The first-order valence-corrected chi connectivity index (χ1v) is 15.2. The van der Waals surface area contributed by atoms with Crippen LogP contribution in [0.1, 0.15) is 51.9 Å².